The van der Waals surface area contributed by atoms with E-state index in [0.717, 1.165) is 0 Å². The third kappa shape index (κ3) is 105. The molecule has 0 saturated carbocycles. The smallest absolute Gasteiger partial charge is 0.212 e. The van der Waals surface area contributed by atoms with Gasteiger partial charge >= 0.3 is 0 Å². The van der Waals surface area contributed by atoms with Crippen LogP contribution in [0.15, 0.2) is 0 Å². The number of rotatable bonds is 0. The molecule has 0 aromatic rings. The predicted octanol–water partition coefficient (Wildman–Crippen LogP) is 1.76. The largest absolute Gasteiger partial charge is 0.227 e. The van der Waals surface area contributed by atoms with Crippen molar-refractivity contribution in [1.82, 2.24) is 0 Å². The third-order valence-corrected chi connectivity index (χ3v) is 0. The fraction of sp³-hybridized carbons (Fsp3) is 0. The summed E-state index contributed by atoms with van der Waals surface area (Å²) in [6.45, 7) is 0. The first-order valence-corrected chi connectivity index (χ1v) is 3.89. The van der Waals surface area contributed by atoms with Crippen molar-refractivity contribution in [3.8, 4) is 0 Å². The van der Waals surface area contributed by atoms with Crippen LogP contribution in [0, 0.1) is 4.78 Å². The standard InChI is InChI=1S/Cl2HNOS.ClH/c1-5(2,3)4;/h3H;1H. The zero-order valence-electron chi connectivity index (χ0n) is 2.48. The summed E-state index contributed by atoms with van der Waals surface area (Å²) in [5.41, 5.74) is 0. The number of nitrogens with one attached hydrogen (secondary N) is 1. The molecule has 0 unspecified atom stereocenters. The van der Waals surface area contributed by atoms with Crippen LogP contribution in [-0.2, 0) is 8.16 Å². The first-order chi connectivity index (χ1) is 2.00. The van der Waals surface area contributed by atoms with Crippen LogP contribution in [-0.4, -0.2) is 4.21 Å². The Bertz CT molecular complexity index is 94.0. The quantitative estimate of drug-likeness (QED) is 0.553. The molecule has 0 bridgehead atoms. The Hall–Kier alpha value is 0.820. The lowest BCUT2D eigenvalue weighted by Gasteiger charge is -1.67. The topological polar surface area (TPSA) is 40.9 Å². The molecule has 2 nitrogen and oxygen atoms in total. The molecule has 0 amide bonds. The van der Waals surface area contributed by atoms with Crippen LogP contribution in [0.3, 0.4) is 0 Å². The Morgan fingerprint density at radius 1 is 1.50 bits per heavy atom. The zero-order chi connectivity index (χ0) is 4.50. The van der Waals surface area contributed by atoms with E-state index in [-0.39, 0.29) is 12.4 Å². The van der Waals surface area contributed by atoms with Crippen molar-refractivity contribution in [3.05, 3.63) is 0 Å². The summed E-state index contributed by atoms with van der Waals surface area (Å²) in [6.07, 6.45) is 0. The third-order valence-electron chi connectivity index (χ3n) is 0. The molecule has 0 spiro atoms. The minimum absolute atomic E-state index is 0. The Morgan fingerprint density at radius 3 is 1.50 bits per heavy atom. The normalized spacial score (nSPS) is 9.67. The molecule has 0 radical (unpaired) electrons. The molecule has 0 fully saturated rings. The van der Waals surface area contributed by atoms with Gasteiger partial charge in [0.25, 0.3) is 0 Å². The van der Waals surface area contributed by atoms with Crippen molar-refractivity contribution in [1.29, 1.82) is 4.78 Å². The molecule has 0 aromatic heterocycles. The fourth-order valence-electron chi connectivity index (χ4n) is 0. The highest BCUT2D eigenvalue weighted by atomic mass is 36.0. The van der Waals surface area contributed by atoms with Gasteiger partial charge in [-0.25, -0.2) is 8.99 Å². The van der Waals surface area contributed by atoms with E-state index >= 15 is 0 Å². The van der Waals surface area contributed by atoms with Crippen LogP contribution in [0.25, 0.3) is 0 Å². The van der Waals surface area contributed by atoms with Gasteiger partial charge in [-0.2, -0.15) is 0 Å². The molecule has 6 heavy (non-hydrogen) atoms. The first kappa shape index (κ1) is 9.94. The van der Waals surface area contributed by atoms with Gasteiger partial charge in [0.05, 0.1) is 0 Å². The summed E-state index contributed by atoms with van der Waals surface area (Å²) in [6, 6.07) is 0. The summed E-state index contributed by atoms with van der Waals surface area (Å²) < 4.78 is 15.4. The lowest BCUT2D eigenvalue weighted by molar-refractivity contribution is 0.692. The molecule has 0 aliphatic heterocycles. The fourth-order valence-corrected chi connectivity index (χ4v) is 0. The maximum Gasteiger partial charge on any atom is 0.212 e. The minimum atomic E-state index is -3.22. The molecule has 0 aromatic carbocycles. The first-order valence-electron chi connectivity index (χ1n) is 0.679. The molecule has 6 heteroatoms. The average Bonchev–Trinajstić information content (AvgIpc) is 0.722. The minimum Gasteiger partial charge on any atom is -0.227 e. The van der Waals surface area contributed by atoms with Gasteiger partial charge in [-0.3, -0.25) is 0 Å². The van der Waals surface area contributed by atoms with Crippen LogP contribution in [0.5, 0.6) is 0 Å². The predicted molar refractivity (Wildman–Crippen MR) is 29.8 cm³/mol. The molecule has 0 atom stereocenters. The summed E-state index contributed by atoms with van der Waals surface area (Å²) in [4.78, 5) is 0. The molecule has 1 N–H and O–H groups in total. The maximum absolute atomic E-state index is 9.39. The second-order valence-electron chi connectivity index (χ2n) is 0.422. The average molecular weight is 170 g/mol. The lowest BCUT2D eigenvalue weighted by Crippen LogP contribution is -1.58. The Labute approximate surface area is 51.2 Å². The second-order valence-corrected chi connectivity index (χ2v) is 4.35. The molecule has 0 aliphatic carbocycles. The van der Waals surface area contributed by atoms with Crippen molar-refractivity contribution in [2.75, 3.05) is 0 Å². The monoisotopic (exact) mass is 169 g/mol. The Balaban J connectivity index is 0. The second kappa shape index (κ2) is 2.91. The van der Waals surface area contributed by atoms with Crippen LogP contribution >= 0.6 is 33.8 Å². The van der Waals surface area contributed by atoms with Crippen molar-refractivity contribution >= 4 is 41.9 Å². The molecule has 0 saturated heterocycles. The van der Waals surface area contributed by atoms with Gasteiger partial charge in [0.15, 0.2) is 0 Å². The highest BCUT2D eigenvalue weighted by Gasteiger charge is 1.82. The van der Waals surface area contributed by atoms with Crippen LogP contribution in [0.2, 0.25) is 0 Å². The van der Waals surface area contributed by atoms with Crippen LogP contribution in [0.4, 0.5) is 0 Å². The summed E-state index contributed by atoms with van der Waals surface area (Å²) in [7, 11) is 5.76. The van der Waals surface area contributed by atoms with Gasteiger partial charge in [-0.05, 0) is 0 Å². The summed E-state index contributed by atoms with van der Waals surface area (Å²) in [5, 5.41) is 0. The molecular weight excluding hydrogens is 168 g/mol. The van der Waals surface area contributed by atoms with Crippen molar-refractivity contribution in [3.63, 3.8) is 0 Å². The van der Waals surface area contributed by atoms with E-state index in [2.05, 4.69) is 21.4 Å². The molecule has 0 rings (SSSR count). The number of hydrogen-bond acceptors (Lipinski definition) is 2. The van der Waals surface area contributed by atoms with Gasteiger partial charge in [-0.15, -0.1) is 12.4 Å². The highest BCUT2D eigenvalue weighted by Crippen LogP contribution is 2.00. The van der Waals surface area contributed by atoms with E-state index in [1.807, 2.05) is 0 Å². The lowest BCUT2D eigenvalue weighted by atomic mass is 14.0. The van der Waals surface area contributed by atoms with Gasteiger partial charge in [0.1, 0.15) is 0 Å². The molecular formula is H2Cl3NOS. The van der Waals surface area contributed by atoms with E-state index in [1.54, 1.807) is 0 Å². The molecule has 40 valence electrons. The van der Waals surface area contributed by atoms with E-state index in [4.69, 9.17) is 4.78 Å². The van der Waals surface area contributed by atoms with Gasteiger partial charge in [-0.1, -0.05) is 0 Å². The van der Waals surface area contributed by atoms with Gasteiger partial charge in [0.2, 0.25) is 8.16 Å². The van der Waals surface area contributed by atoms with Crippen LogP contribution < -0.4 is 0 Å². The molecule has 0 aliphatic rings. The van der Waals surface area contributed by atoms with E-state index < -0.39 is 8.16 Å². The van der Waals surface area contributed by atoms with Gasteiger partial charge < -0.3 is 0 Å². The van der Waals surface area contributed by atoms with E-state index in [1.165, 1.54) is 0 Å². The maximum atomic E-state index is 9.39. The highest BCUT2D eigenvalue weighted by molar-refractivity contribution is 8.32. The SMILES string of the molecule is Cl.N=S(=O)(Cl)Cl. The van der Waals surface area contributed by atoms with Crippen molar-refractivity contribution in [2.24, 2.45) is 0 Å². The summed E-state index contributed by atoms with van der Waals surface area (Å²) >= 11 is 0. The number of halogens is 3. The molecule has 0 heterocycles. The summed E-state index contributed by atoms with van der Waals surface area (Å²) in [5.74, 6) is 0. The van der Waals surface area contributed by atoms with Crippen molar-refractivity contribution < 1.29 is 4.21 Å². The zero-order valence-corrected chi connectivity index (χ0v) is 5.63. The number of hydrogen-bond donors (Lipinski definition) is 1. The Kier molecular flexibility index (Phi) is 4.82. The van der Waals surface area contributed by atoms with E-state index in [9.17, 15) is 4.21 Å². The van der Waals surface area contributed by atoms with Crippen LogP contribution in [0.1, 0.15) is 0 Å². The Morgan fingerprint density at radius 2 is 1.50 bits per heavy atom. The van der Waals surface area contributed by atoms with E-state index in [0.29, 0.717) is 0 Å². The van der Waals surface area contributed by atoms with Gasteiger partial charge in [0, 0.05) is 21.4 Å². The van der Waals surface area contributed by atoms with Crippen molar-refractivity contribution in [2.45, 2.75) is 0 Å².